The molecule has 0 radical (unpaired) electrons. The minimum absolute atomic E-state index is 0. The number of likely N-dealkylation sites (tertiary alicyclic amines) is 1. The highest BCUT2D eigenvalue weighted by molar-refractivity contribution is 14.0. The second-order valence-electron chi connectivity index (χ2n) is 4.45. The molecule has 1 unspecified atom stereocenters. The zero-order valence-electron chi connectivity index (χ0n) is 10.1. The van der Waals surface area contributed by atoms with Gasteiger partial charge in [-0.25, -0.2) is 4.99 Å². The zero-order chi connectivity index (χ0) is 11.4. The number of aliphatic imine (C=N–C) groups is 1. The number of nitrogens with two attached hydrogens (primary N) is 1. The molecule has 1 atom stereocenters. The Morgan fingerprint density at radius 3 is 3.12 bits per heavy atom. The van der Waals surface area contributed by atoms with Crippen molar-refractivity contribution in [2.45, 2.75) is 26.3 Å². The molecule has 1 aliphatic rings. The van der Waals surface area contributed by atoms with E-state index in [0.717, 1.165) is 18.8 Å². The molecule has 2 N–H and O–H groups in total. The van der Waals surface area contributed by atoms with E-state index < -0.39 is 0 Å². The van der Waals surface area contributed by atoms with E-state index in [-0.39, 0.29) is 24.0 Å². The zero-order valence-corrected chi connectivity index (χ0v) is 12.5. The highest BCUT2D eigenvalue weighted by atomic mass is 127. The summed E-state index contributed by atoms with van der Waals surface area (Å²) in [6.45, 7) is 4.83. The first-order chi connectivity index (χ1) is 7.75. The summed E-state index contributed by atoms with van der Waals surface area (Å²) in [6, 6.07) is 3.78. The van der Waals surface area contributed by atoms with Crippen LogP contribution in [0, 0.1) is 5.92 Å². The molecule has 0 bridgehead atoms. The lowest BCUT2D eigenvalue weighted by Gasteiger charge is -2.31. The lowest BCUT2D eigenvalue weighted by atomic mass is 10.0. The van der Waals surface area contributed by atoms with E-state index in [1.54, 1.807) is 6.26 Å². The summed E-state index contributed by atoms with van der Waals surface area (Å²) in [5.41, 5.74) is 5.96. The van der Waals surface area contributed by atoms with Crippen molar-refractivity contribution >= 4 is 29.9 Å². The molecule has 1 aromatic heterocycles. The van der Waals surface area contributed by atoms with Crippen LogP contribution in [0.5, 0.6) is 0 Å². The Bertz CT molecular complexity index is 351. The summed E-state index contributed by atoms with van der Waals surface area (Å²) in [5, 5.41) is 0. The van der Waals surface area contributed by atoms with Crippen LogP contribution < -0.4 is 5.73 Å². The maximum absolute atomic E-state index is 5.96. The summed E-state index contributed by atoms with van der Waals surface area (Å²) in [4.78, 5) is 6.52. The Morgan fingerprint density at radius 2 is 2.47 bits per heavy atom. The molecule has 5 heteroatoms. The van der Waals surface area contributed by atoms with E-state index in [4.69, 9.17) is 10.2 Å². The molecule has 17 heavy (non-hydrogen) atoms. The van der Waals surface area contributed by atoms with Crippen molar-refractivity contribution in [3.8, 4) is 0 Å². The van der Waals surface area contributed by atoms with Gasteiger partial charge in [0.1, 0.15) is 12.3 Å². The fraction of sp³-hybridized carbons (Fsp3) is 0.583. The van der Waals surface area contributed by atoms with Crippen LogP contribution in [0.3, 0.4) is 0 Å². The molecule has 1 fully saturated rings. The van der Waals surface area contributed by atoms with Crippen LogP contribution in [-0.4, -0.2) is 23.9 Å². The molecule has 2 rings (SSSR count). The minimum Gasteiger partial charge on any atom is -0.467 e. The van der Waals surface area contributed by atoms with Gasteiger partial charge in [-0.3, -0.25) is 0 Å². The first-order valence-corrected chi connectivity index (χ1v) is 5.83. The molecule has 1 saturated heterocycles. The van der Waals surface area contributed by atoms with Crippen LogP contribution in [0.25, 0.3) is 0 Å². The molecule has 0 amide bonds. The Morgan fingerprint density at radius 1 is 1.65 bits per heavy atom. The summed E-state index contributed by atoms with van der Waals surface area (Å²) in [7, 11) is 0. The Balaban J connectivity index is 0.00000144. The van der Waals surface area contributed by atoms with Gasteiger partial charge in [0, 0.05) is 13.1 Å². The van der Waals surface area contributed by atoms with Crippen LogP contribution >= 0.6 is 24.0 Å². The van der Waals surface area contributed by atoms with Crippen molar-refractivity contribution in [1.29, 1.82) is 0 Å². The lowest BCUT2D eigenvalue weighted by molar-refractivity contribution is 0.270. The standard InChI is InChI=1S/C12H19N3O.HI/c1-10-4-2-6-15(9-10)12(13)14-8-11-5-3-7-16-11;/h3,5,7,10H,2,4,6,8-9H2,1H3,(H2,13,14);1H. The van der Waals surface area contributed by atoms with E-state index in [1.807, 2.05) is 12.1 Å². The number of halogens is 1. The Hall–Kier alpha value is -0.720. The smallest absolute Gasteiger partial charge is 0.191 e. The summed E-state index contributed by atoms with van der Waals surface area (Å²) in [6.07, 6.45) is 4.16. The Kier molecular flexibility index (Phi) is 5.80. The van der Waals surface area contributed by atoms with Crippen molar-refractivity contribution in [2.75, 3.05) is 13.1 Å². The molecule has 0 spiro atoms. The topological polar surface area (TPSA) is 54.8 Å². The van der Waals surface area contributed by atoms with E-state index >= 15 is 0 Å². The average molecular weight is 349 g/mol. The summed E-state index contributed by atoms with van der Waals surface area (Å²) in [5.74, 6) is 2.21. The molecular weight excluding hydrogens is 329 g/mol. The van der Waals surface area contributed by atoms with Gasteiger partial charge in [0.2, 0.25) is 0 Å². The second-order valence-corrected chi connectivity index (χ2v) is 4.45. The molecule has 96 valence electrons. The number of nitrogens with zero attached hydrogens (tertiary/aromatic N) is 2. The monoisotopic (exact) mass is 349 g/mol. The fourth-order valence-corrected chi connectivity index (χ4v) is 2.06. The van der Waals surface area contributed by atoms with Gasteiger partial charge in [0.25, 0.3) is 0 Å². The van der Waals surface area contributed by atoms with Crippen molar-refractivity contribution in [3.63, 3.8) is 0 Å². The highest BCUT2D eigenvalue weighted by Crippen LogP contribution is 2.15. The van der Waals surface area contributed by atoms with E-state index in [9.17, 15) is 0 Å². The van der Waals surface area contributed by atoms with Gasteiger partial charge >= 0.3 is 0 Å². The van der Waals surface area contributed by atoms with E-state index in [0.29, 0.717) is 18.4 Å². The van der Waals surface area contributed by atoms with E-state index in [2.05, 4.69) is 16.8 Å². The van der Waals surface area contributed by atoms with Gasteiger partial charge in [0.15, 0.2) is 5.96 Å². The maximum atomic E-state index is 5.96. The first-order valence-electron chi connectivity index (χ1n) is 5.83. The summed E-state index contributed by atoms with van der Waals surface area (Å²) >= 11 is 0. The molecule has 0 aliphatic carbocycles. The SMILES string of the molecule is CC1CCCN(C(N)=NCc2ccco2)C1.I. The highest BCUT2D eigenvalue weighted by Gasteiger charge is 2.17. The van der Waals surface area contributed by atoms with Crippen LogP contribution in [0.2, 0.25) is 0 Å². The first kappa shape index (κ1) is 14.3. The van der Waals surface area contributed by atoms with Crippen LogP contribution in [-0.2, 0) is 6.54 Å². The third kappa shape index (κ3) is 4.22. The second kappa shape index (κ2) is 6.88. The maximum Gasteiger partial charge on any atom is 0.191 e. The predicted octanol–water partition coefficient (Wildman–Crippen LogP) is 2.44. The van der Waals surface area contributed by atoms with Gasteiger partial charge in [-0.1, -0.05) is 6.92 Å². The van der Waals surface area contributed by atoms with Gasteiger partial charge in [0.05, 0.1) is 6.26 Å². The molecule has 1 aliphatic heterocycles. The number of furan rings is 1. The fourth-order valence-electron chi connectivity index (χ4n) is 2.06. The van der Waals surface area contributed by atoms with E-state index in [1.165, 1.54) is 12.8 Å². The Labute approximate surface area is 119 Å². The summed E-state index contributed by atoms with van der Waals surface area (Å²) < 4.78 is 5.21. The number of rotatable bonds is 2. The van der Waals surface area contributed by atoms with Crippen LogP contribution in [0.1, 0.15) is 25.5 Å². The van der Waals surface area contributed by atoms with Gasteiger partial charge in [-0.05, 0) is 30.9 Å². The largest absolute Gasteiger partial charge is 0.467 e. The van der Waals surface area contributed by atoms with Crippen LogP contribution in [0.15, 0.2) is 27.8 Å². The third-order valence-corrected chi connectivity index (χ3v) is 2.96. The third-order valence-electron chi connectivity index (χ3n) is 2.96. The van der Waals surface area contributed by atoms with Crippen molar-refractivity contribution in [2.24, 2.45) is 16.6 Å². The molecule has 0 saturated carbocycles. The molecule has 4 nitrogen and oxygen atoms in total. The van der Waals surface area contributed by atoms with Gasteiger partial charge < -0.3 is 15.1 Å². The van der Waals surface area contributed by atoms with Gasteiger partial charge in [-0.2, -0.15) is 0 Å². The predicted molar refractivity (Wildman–Crippen MR) is 79.4 cm³/mol. The van der Waals surface area contributed by atoms with Crippen LogP contribution in [0.4, 0.5) is 0 Å². The van der Waals surface area contributed by atoms with Gasteiger partial charge in [-0.15, -0.1) is 24.0 Å². The minimum atomic E-state index is 0. The lowest BCUT2D eigenvalue weighted by Crippen LogP contribution is -2.43. The quantitative estimate of drug-likeness (QED) is 0.507. The normalized spacial score (nSPS) is 21.1. The average Bonchev–Trinajstić information content (AvgIpc) is 2.78. The number of hydrogen-bond acceptors (Lipinski definition) is 2. The van der Waals surface area contributed by atoms with Crippen molar-refractivity contribution in [3.05, 3.63) is 24.2 Å². The van der Waals surface area contributed by atoms with Crippen molar-refractivity contribution < 1.29 is 4.42 Å². The number of hydrogen-bond donors (Lipinski definition) is 1. The number of guanidine groups is 1. The molecular formula is C12H20IN3O. The number of piperidine rings is 1. The molecule has 0 aromatic carbocycles. The van der Waals surface area contributed by atoms with Crippen molar-refractivity contribution in [1.82, 2.24) is 4.90 Å². The molecule has 1 aromatic rings. The molecule has 2 heterocycles.